The molecule has 0 aromatic heterocycles. The number of carbonyl (C=O) groups excluding carboxylic acids is 1. The van der Waals surface area contributed by atoms with E-state index in [1.54, 1.807) is 0 Å². The first kappa shape index (κ1) is 20.2. The van der Waals surface area contributed by atoms with Crippen LogP contribution in [0.5, 0.6) is 0 Å². The van der Waals surface area contributed by atoms with Gasteiger partial charge in [-0.1, -0.05) is 25.4 Å². The molecule has 8 heteroatoms. The van der Waals surface area contributed by atoms with E-state index in [0.717, 1.165) is 19.3 Å². The number of amides is 1. The number of rotatable bonds is 8. The van der Waals surface area contributed by atoms with Gasteiger partial charge in [-0.3, -0.25) is 4.79 Å². The molecule has 1 aliphatic heterocycles. The fraction of sp³-hybridized carbons (Fsp3) is 0.588. The lowest BCUT2D eigenvalue weighted by Crippen LogP contribution is -2.32. The predicted octanol–water partition coefficient (Wildman–Crippen LogP) is 2.57. The molecule has 0 saturated carbocycles. The van der Waals surface area contributed by atoms with Gasteiger partial charge in [-0.25, -0.2) is 13.1 Å². The summed E-state index contributed by atoms with van der Waals surface area (Å²) in [6.07, 6.45) is 2.50. The van der Waals surface area contributed by atoms with E-state index in [1.807, 2.05) is 0 Å². The minimum Gasteiger partial charge on any atom is -0.377 e. The normalized spacial score (nSPS) is 17.8. The number of benzene rings is 1. The van der Waals surface area contributed by atoms with E-state index in [-0.39, 0.29) is 34.0 Å². The van der Waals surface area contributed by atoms with E-state index in [9.17, 15) is 13.2 Å². The Morgan fingerprint density at radius 3 is 2.80 bits per heavy atom. The molecule has 0 spiro atoms. The molecule has 1 aliphatic rings. The molecule has 6 nitrogen and oxygen atoms in total. The van der Waals surface area contributed by atoms with Crippen molar-refractivity contribution in [1.82, 2.24) is 10.0 Å². The van der Waals surface area contributed by atoms with Gasteiger partial charge in [-0.05, 0) is 43.4 Å². The summed E-state index contributed by atoms with van der Waals surface area (Å²) in [5.74, 6) is 0.163. The molecule has 1 aromatic carbocycles. The zero-order valence-electron chi connectivity index (χ0n) is 14.5. The number of nitrogens with one attached hydrogen (secondary N) is 2. The number of carbonyl (C=O) groups is 1. The van der Waals surface area contributed by atoms with E-state index in [1.165, 1.54) is 18.2 Å². The van der Waals surface area contributed by atoms with Crippen LogP contribution in [0.15, 0.2) is 23.1 Å². The van der Waals surface area contributed by atoms with Crippen LogP contribution in [-0.2, 0) is 14.8 Å². The maximum atomic E-state index is 12.5. The molecule has 0 bridgehead atoms. The van der Waals surface area contributed by atoms with Crippen molar-refractivity contribution in [3.05, 3.63) is 28.8 Å². The monoisotopic (exact) mass is 388 g/mol. The lowest BCUT2D eigenvalue weighted by atomic mass is 10.1. The number of hydrogen-bond acceptors (Lipinski definition) is 4. The lowest BCUT2D eigenvalue weighted by Gasteiger charge is -2.13. The summed E-state index contributed by atoms with van der Waals surface area (Å²) in [5.41, 5.74) is 0.269. The van der Waals surface area contributed by atoms with Gasteiger partial charge in [-0.2, -0.15) is 0 Å². The largest absolute Gasteiger partial charge is 0.377 e. The van der Waals surface area contributed by atoms with Crippen molar-refractivity contribution in [3.8, 4) is 0 Å². The second kappa shape index (κ2) is 8.98. The van der Waals surface area contributed by atoms with Crippen molar-refractivity contribution >= 4 is 27.5 Å². The van der Waals surface area contributed by atoms with Gasteiger partial charge >= 0.3 is 0 Å². The van der Waals surface area contributed by atoms with Gasteiger partial charge in [0, 0.05) is 25.3 Å². The van der Waals surface area contributed by atoms with E-state index in [2.05, 4.69) is 23.9 Å². The van der Waals surface area contributed by atoms with Gasteiger partial charge in [0.1, 0.15) is 4.90 Å². The molecule has 1 heterocycles. The van der Waals surface area contributed by atoms with Gasteiger partial charge in [0.2, 0.25) is 10.0 Å². The van der Waals surface area contributed by atoms with E-state index < -0.39 is 10.0 Å². The Bertz CT molecular complexity index is 701. The Hall–Kier alpha value is -1.15. The minimum absolute atomic E-state index is 0.0820. The molecule has 1 atom stereocenters. The third-order valence-electron chi connectivity index (χ3n) is 4.02. The molecule has 1 amide bonds. The van der Waals surface area contributed by atoms with Crippen LogP contribution >= 0.6 is 11.6 Å². The van der Waals surface area contributed by atoms with Gasteiger partial charge in [0.15, 0.2) is 0 Å². The van der Waals surface area contributed by atoms with E-state index in [0.29, 0.717) is 19.1 Å². The molecule has 2 rings (SSSR count). The molecule has 0 radical (unpaired) electrons. The zero-order chi connectivity index (χ0) is 18.4. The van der Waals surface area contributed by atoms with Gasteiger partial charge in [0.05, 0.1) is 11.1 Å². The maximum Gasteiger partial charge on any atom is 0.251 e. The molecular formula is C17H25ClN2O4S. The summed E-state index contributed by atoms with van der Waals surface area (Å²) >= 11 is 6.04. The molecule has 1 saturated heterocycles. The standard InChI is InChI=1S/C17H25ClN2O4S/c1-12(2)7-8-19-17(21)13-5-6-15(18)16(10-13)25(22,23)20-11-14-4-3-9-24-14/h5-6,10,12,14,20H,3-4,7-9,11H2,1-2H3,(H,19,21). The number of sulfonamides is 1. The number of ether oxygens (including phenoxy) is 1. The zero-order valence-corrected chi connectivity index (χ0v) is 16.1. The average molecular weight is 389 g/mol. The first-order chi connectivity index (χ1) is 11.8. The molecule has 25 heavy (non-hydrogen) atoms. The van der Waals surface area contributed by atoms with Crippen molar-refractivity contribution < 1.29 is 17.9 Å². The molecule has 1 unspecified atom stereocenters. The first-order valence-electron chi connectivity index (χ1n) is 8.48. The Balaban J connectivity index is 2.07. The topological polar surface area (TPSA) is 84.5 Å². The number of hydrogen-bond donors (Lipinski definition) is 2. The second-order valence-electron chi connectivity index (χ2n) is 6.57. The Labute approximate surface area is 154 Å². The summed E-state index contributed by atoms with van der Waals surface area (Å²) in [6.45, 7) is 5.53. The SMILES string of the molecule is CC(C)CCNC(=O)c1ccc(Cl)c(S(=O)(=O)NCC2CCCO2)c1. The molecule has 140 valence electrons. The van der Waals surface area contributed by atoms with Crippen LogP contribution in [0.4, 0.5) is 0 Å². The molecule has 2 N–H and O–H groups in total. The van der Waals surface area contributed by atoms with Gasteiger partial charge < -0.3 is 10.1 Å². The van der Waals surface area contributed by atoms with Crippen LogP contribution in [0, 0.1) is 5.92 Å². The summed E-state index contributed by atoms with van der Waals surface area (Å²) < 4.78 is 32.9. The highest BCUT2D eigenvalue weighted by molar-refractivity contribution is 7.89. The van der Waals surface area contributed by atoms with Crippen molar-refractivity contribution in [1.29, 1.82) is 0 Å². The predicted molar refractivity (Wildman–Crippen MR) is 97.4 cm³/mol. The third-order valence-corrected chi connectivity index (χ3v) is 5.92. The molecule has 1 fully saturated rings. The number of halogens is 1. The second-order valence-corrected chi connectivity index (χ2v) is 8.71. The molecular weight excluding hydrogens is 364 g/mol. The van der Waals surface area contributed by atoms with Crippen LogP contribution in [0.25, 0.3) is 0 Å². The van der Waals surface area contributed by atoms with Gasteiger partial charge in [-0.15, -0.1) is 0 Å². The fourth-order valence-electron chi connectivity index (χ4n) is 2.51. The Morgan fingerprint density at radius 1 is 1.40 bits per heavy atom. The smallest absolute Gasteiger partial charge is 0.251 e. The maximum absolute atomic E-state index is 12.5. The first-order valence-corrected chi connectivity index (χ1v) is 10.3. The quantitative estimate of drug-likeness (QED) is 0.716. The summed E-state index contributed by atoms with van der Waals surface area (Å²) in [6, 6.07) is 4.26. The van der Waals surface area contributed by atoms with Crippen molar-refractivity contribution in [2.45, 2.75) is 44.1 Å². The minimum atomic E-state index is -3.81. The highest BCUT2D eigenvalue weighted by Gasteiger charge is 2.23. The van der Waals surface area contributed by atoms with Crippen LogP contribution in [0.2, 0.25) is 5.02 Å². The fourth-order valence-corrected chi connectivity index (χ4v) is 4.10. The van der Waals surface area contributed by atoms with Crippen molar-refractivity contribution in [3.63, 3.8) is 0 Å². The van der Waals surface area contributed by atoms with Crippen LogP contribution in [0.1, 0.15) is 43.5 Å². The Kier molecular flexibility index (Phi) is 7.25. The van der Waals surface area contributed by atoms with Crippen molar-refractivity contribution in [2.75, 3.05) is 19.7 Å². The highest BCUT2D eigenvalue weighted by Crippen LogP contribution is 2.23. The third kappa shape index (κ3) is 5.95. The van der Waals surface area contributed by atoms with Crippen LogP contribution in [0.3, 0.4) is 0 Å². The highest BCUT2D eigenvalue weighted by atomic mass is 35.5. The van der Waals surface area contributed by atoms with Gasteiger partial charge in [0.25, 0.3) is 5.91 Å². The Morgan fingerprint density at radius 2 is 2.16 bits per heavy atom. The van der Waals surface area contributed by atoms with E-state index in [4.69, 9.17) is 16.3 Å². The average Bonchev–Trinajstić information content (AvgIpc) is 3.06. The van der Waals surface area contributed by atoms with E-state index >= 15 is 0 Å². The van der Waals surface area contributed by atoms with Crippen LogP contribution in [-0.4, -0.2) is 40.1 Å². The summed E-state index contributed by atoms with van der Waals surface area (Å²) in [4.78, 5) is 12.1. The summed E-state index contributed by atoms with van der Waals surface area (Å²) in [5, 5.41) is 2.87. The van der Waals surface area contributed by atoms with Crippen LogP contribution < -0.4 is 10.0 Å². The summed E-state index contributed by atoms with van der Waals surface area (Å²) in [7, 11) is -3.81. The molecule has 0 aliphatic carbocycles. The van der Waals surface area contributed by atoms with Crippen molar-refractivity contribution in [2.24, 2.45) is 5.92 Å². The lowest BCUT2D eigenvalue weighted by molar-refractivity contribution is 0.0951. The molecule has 1 aromatic rings.